The van der Waals surface area contributed by atoms with Gasteiger partial charge >= 0.3 is 5.97 Å². The Kier molecular flexibility index (Phi) is 3.35. The Morgan fingerprint density at radius 1 is 1.12 bits per heavy atom. The second-order valence-corrected chi connectivity index (χ2v) is 5.77. The maximum Gasteiger partial charge on any atom is 0.335 e. The van der Waals surface area contributed by atoms with Gasteiger partial charge in [-0.2, -0.15) is 0 Å². The molecule has 0 fully saturated rings. The summed E-state index contributed by atoms with van der Waals surface area (Å²) in [6.07, 6.45) is 1.67. The highest BCUT2D eigenvalue weighted by Crippen LogP contribution is 2.15. The number of carboxylic acid groups (broad SMARTS) is 1. The summed E-state index contributed by atoms with van der Waals surface area (Å²) >= 11 is 0. The number of aromatic nitrogens is 4. The van der Waals surface area contributed by atoms with Crippen LogP contribution in [0, 0.1) is 6.92 Å². The van der Waals surface area contributed by atoms with Crippen LogP contribution in [0.3, 0.4) is 0 Å². The van der Waals surface area contributed by atoms with Crippen LogP contribution in [0.2, 0.25) is 0 Å². The number of fused-ring (bicyclic) bond motifs is 2. The Balaban J connectivity index is 1.85. The van der Waals surface area contributed by atoms with E-state index in [9.17, 15) is 9.59 Å². The number of pyridine rings is 1. The first kappa shape index (κ1) is 15.1. The molecule has 7 heteroatoms. The molecule has 4 rings (SSSR count). The standard InChI is InChI=1S/C18H14N4O3/c1-11-19-15-16(20-14-4-2-3-9-21(14)17(15)23)22(11)10-12-5-7-13(8-6-12)18(24)25/h2-9H,10H2,1H3,(H,24,25). The third-order valence-electron chi connectivity index (χ3n) is 4.15. The molecule has 0 aliphatic rings. The first-order valence-electron chi connectivity index (χ1n) is 7.71. The lowest BCUT2D eigenvalue weighted by Crippen LogP contribution is -2.15. The number of rotatable bonds is 3. The van der Waals surface area contributed by atoms with Crippen LogP contribution >= 0.6 is 0 Å². The molecule has 0 bridgehead atoms. The zero-order chi connectivity index (χ0) is 17.6. The predicted molar refractivity (Wildman–Crippen MR) is 92.0 cm³/mol. The molecule has 124 valence electrons. The van der Waals surface area contributed by atoms with Crippen LogP contribution in [0.25, 0.3) is 16.8 Å². The molecule has 4 aromatic rings. The monoisotopic (exact) mass is 334 g/mol. The maximum absolute atomic E-state index is 12.6. The first-order chi connectivity index (χ1) is 12.0. The molecular formula is C18H14N4O3. The van der Waals surface area contributed by atoms with E-state index in [1.54, 1.807) is 42.6 Å². The van der Waals surface area contributed by atoms with Crippen molar-refractivity contribution in [3.8, 4) is 0 Å². The van der Waals surface area contributed by atoms with Crippen molar-refractivity contribution < 1.29 is 9.90 Å². The van der Waals surface area contributed by atoms with Gasteiger partial charge in [0.25, 0.3) is 5.56 Å². The van der Waals surface area contributed by atoms with E-state index in [2.05, 4.69) is 9.97 Å². The van der Waals surface area contributed by atoms with Gasteiger partial charge in [-0.25, -0.2) is 14.8 Å². The van der Waals surface area contributed by atoms with E-state index in [4.69, 9.17) is 5.11 Å². The minimum atomic E-state index is -0.961. The van der Waals surface area contributed by atoms with Crippen molar-refractivity contribution in [2.75, 3.05) is 0 Å². The van der Waals surface area contributed by atoms with Crippen molar-refractivity contribution in [1.82, 2.24) is 18.9 Å². The SMILES string of the molecule is Cc1nc2c(=O)n3ccccc3nc2n1Cc1ccc(C(=O)O)cc1. The van der Waals surface area contributed by atoms with E-state index < -0.39 is 5.97 Å². The van der Waals surface area contributed by atoms with Crippen molar-refractivity contribution in [2.24, 2.45) is 0 Å². The van der Waals surface area contributed by atoms with Gasteiger partial charge in [0.2, 0.25) is 0 Å². The molecule has 0 spiro atoms. The highest BCUT2D eigenvalue weighted by atomic mass is 16.4. The minimum Gasteiger partial charge on any atom is -0.478 e. The number of imidazole rings is 1. The van der Waals surface area contributed by atoms with Gasteiger partial charge in [0.05, 0.1) is 12.1 Å². The normalized spacial score (nSPS) is 11.2. The van der Waals surface area contributed by atoms with E-state index in [0.717, 1.165) is 5.56 Å². The fourth-order valence-electron chi connectivity index (χ4n) is 2.85. The van der Waals surface area contributed by atoms with Crippen LogP contribution in [0.5, 0.6) is 0 Å². The molecule has 0 saturated heterocycles. The van der Waals surface area contributed by atoms with Crippen LogP contribution in [-0.2, 0) is 6.54 Å². The van der Waals surface area contributed by atoms with Crippen LogP contribution in [0.1, 0.15) is 21.7 Å². The van der Waals surface area contributed by atoms with Crippen molar-refractivity contribution in [3.63, 3.8) is 0 Å². The number of nitrogens with zero attached hydrogens (tertiary/aromatic N) is 4. The molecule has 1 aromatic carbocycles. The van der Waals surface area contributed by atoms with Gasteiger partial charge in [0, 0.05) is 6.20 Å². The highest BCUT2D eigenvalue weighted by Gasteiger charge is 2.14. The zero-order valence-corrected chi connectivity index (χ0v) is 13.4. The van der Waals surface area contributed by atoms with Crippen LogP contribution < -0.4 is 5.56 Å². The molecule has 0 radical (unpaired) electrons. The number of aryl methyl sites for hydroxylation is 1. The van der Waals surface area contributed by atoms with Crippen LogP contribution in [0.15, 0.2) is 53.5 Å². The topological polar surface area (TPSA) is 89.5 Å². The Bertz CT molecular complexity index is 1170. The number of carbonyl (C=O) groups is 1. The summed E-state index contributed by atoms with van der Waals surface area (Å²) in [4.78, 5) is 32.5. The summed E-state index contributed by atoms with van der Waals surface area (Å²) in [6, 6.07) is 12.0. The molecule has 3 aromatic heterocycles. The van der Waals surface area contributed by atoms with E-state index in [0.29, 0.717) is 29.2 Å². The summed E-state index contributed by atoms with van der Waals surface area (Å²) < 4.78 is 3.33. The van der Waals surface area contributed by atoms with E-state index in [1.807, 2.05) is 17.6 Å². The Morgan fingerprint density at radius 3 is 2.60 bits per heavy atom. The molecule has 0 unspecified atom stereocenters. The molecule has 0 amide bonds. The van der Waals surface area contributed by atoms with Gasteiger partial charge in [0.15, 0.2) is 11.2 Å². The van der Waals surface area contributed by atoms with Gasteiger partial charge in [0.1, 0.15) is 11.5 Å². The number of carboxylic acids is 1. The molecule has 0 saturated carbocycles. The maximum atomic E-state index is 12.6. The second-order valence-electron chi connectivity index (χ2n) is 5.77. The molecule has 0 aliphatic carbocycles. The summed E-state index contributed by atoms with van der Waals surface area (Å²) in [5.74, 6) is -0.283. The van der Waals surface area contributed by atoms with E-state index in [1.165, 1.54) is 4.40 Å². The number of hydrogen-bond donors (Lipinski definition) is 1. The minimum absolute atomic E-state index is 0.205. The van der Waals surface area contributed by atoms with Crippen molar-refractivity contribution in [1.29, 1.82) is 0 Å². The lowest BCUT2D eigenvalue weighted by Gasteiger charge is -2.07. The van der Waals surface area contributed by atoms with Gasteiger partial charge in [-0.3, -0.25) is 9.20 Å². The number of hydrogen-bond acceptors (Lipinski definition) is 4. The Morgan fingerprint density at radius 2 is 1.88 bits per heavy atom. The van der Waals surface area contributed by atoms with E-state index >= 15 is 0 Å². The lowest BCUT2D eigenvalue weighted by atomic mass is 10.1. The smallest absolute Gasteiger partial charge is 0.335 e. The summed E-state index contributed by atoms with van der Waals surface area (Å²) in [7, 11) is 0. The fraction of sp³-hybridized carbons (Fsp3) is 0.111. The Labute approximate surface area is 141 Å². The highest BCUT2D eigenvalue weighted by molar-refractivity contribution is 5.87. The first-order valence-corrected chi connectivity index (χ1v) is 7.71. The van der Waals surface area contributed by atoms with Crippen molar-refractivity contribution in [2.45, 2.75) is 13.5 Å². The molecule has 1 N–H and O–H groups in total. The van der Waals surface area contributed by atoms with Gasteiger partial charge < -0.3 is 9.67 Å². The summed E-state index contributed by atoms with van der Waals surface area (Å²) in [5.41, 5.74) is 2.34. The average Bonchev–Trinajstić information content (AvgIpc) is 2.92. The molecule has 25 heavy (non-hydrogen) atoms. The second kappa shape index (κ2) is 5.55. The van der Waals surface area contributed by atoms with Gasteiger partial charge in [-0.15, -0.1) is 0 Å². The Hall–Kier alpha value is -3.48. The molecular weight excluding hydrogens is 320 g/mol. The molecule has 0 aliphatic heterocycles. The fourth-order valence-corrected chi connectivity index (χ4v) is 2.85. The van der Waals surface area contributed by atoms with Crippen LogP contribution in [-0.4, -0.2) is 30.0 Å². The number of benzene rings is 1. The van der Waals surface area contributed by atoms with Gasteiger partial charge in [-0.05, 0) is 36.8 Å². The van der Waals surface area contributed by atoms with Crippen molar-refractivity contribution in [3.05, 3.63) is 76.0 Å². The lowest BCUT2D eigenvalue weighted by molar-refractivity contribution is 0.0697. The largest absolute Gasteiger partial charge is 0.478 e. The van der Waals surface area contributed by atoms with E-state index in [-0.39, 0.29) is 11.1 Å². The zero-order valence-electron chi connectivity index (χ0n) is 13.4. The van der Waals surface area contributed by atoms with Crippen LogP contribution in [0.4, 0.5) is 0 Å². The third kappa shape index (κ3) is 2.46. The average molecular weight is 334 g/mol. The summed E-state index contributed by atoms with van der Waals surface area (Å²) in [6.45, 7) is 2.28. The quantitative estimate of drug-likeness (QED) is 0.620. The molecule has 0 atom stereocenters. The third-order valence-corrected chi connectivity index (χ3v) is 4.15. The number of aromatic carboxylic acids is 1. The summed E-state index contributed by atoms with van der Waals surface area (Å²) in [5, 5.41) is 8.99. The van der Waals surface area contributed by atoms with Gasteiger partial charge in [-0.1, -0.05) is 18.2 Å². The molecule has 7 nitrogen and oxygen atoms in total. The molecule has 3 heterocycles. The predicted octanol–water partition coefficient (Wildman–Crippen LogP) is 2.10. The van der Waals surface area contributed by atoms with Crippen molar-refractivity contribution >= 4 is 22.8 Å².